The van der Waals surface area contributed by atoms with Crippen LogP contribution < -0.4 is 0 Å². The summed E-state index contributed by atoms with van der Waals surface area (Å²) in [5, 5.41) is 19.2. The van der Waals surface area contributed by atoms with Crippen molar-refractivity contribution in [1.82, 2.24) is 0 Å². The van der Waals surface area contributed by atoms with Crippen molar-refractivity contribution >= 4 is 75.4 Å². The molecule has 0 unspecified atom stereocenters. The lowest BCUT2D eigenvalue weighted by molar-refractivity contribution is 1.45. The van der Waals surface area contributed by atoms with Crippen molar-refractivity contribution < 1.29 is 0 Å². The minimum atomic E-state index is 1.29. The van der Waals surface area contributed by atoms with Gasteiger partial charge in [-0.05, 0) is 200 Å². The first-order chi connectivity index (χ1) is 34.8. The number of hydrogen-bond acceptors (Lipinski definition) is 0. The number of rotatable bonds is 1. The molecule has 13 aromatic carbocycles. The van der Waals surface area contributed by atoms with Crippen LogP contribution in [0.5, 0.6) is 0 Å². The second kappa shape index (κ2) is 21.5. The molecule has 0 heterocycles. The second-order valence-corrected chi connectivity index (χ2v) is 19.9. The molecular weight excluding hydrogens is 865 g/mol. The van der Waals surface area contributed by atoms with Gasteiger partial charge in [0.2, 0.25) is 0 Å². The quantitative estimate of drug-likeness (QED) is 0.114. The Bertz CT molecular complexity index is 3580. The zero-order chi connectivity index (χ0) is 50.5. The highest BCUT2D eigenvalue weighted by Crippen LogP contribution is 2.36. The van der Waals surface area contributed by atoms with Gasteiger partial charge in [-0.15, -0.1) is 0 Å². The molecule has 72 heavy (non-hydrogen) atoms. The third-order valence-corrected chi connectivity index (χ3v) is 14.4. The van der Waals surface area contributed by atoms with Crippen molar-refractivity contribution in [2.75, 3.05) is 0 Å². The van der Waals surface area contributed by atoms with Gasteiger partial charge in [0.05, 0.1) is 0 Å². The van der Waals surface area contributed by atoms with Crippen LogP contribution in [-0.2, 0) is 0 Å². The molecule has 0 heteroatoms. The predicted octanol–water partition coefficient (Wildman–Crippen LogP) is 20.7. The van der Waals surface area contributed by atoms with Crippen molar-refractivity contribution in [1.29, 1.82) is 0 Å². The van der Waals surface area contributed by atoms with E-state index in [1.165, 1.54) is 142 Å². The van der Waals surface area contributed by atoms with Gasteiger partial charge >= 0.3 is 0 Å². The van der Waals surface area contributed by atoms with E-state index in [9.17, 15) is 0 Å². The average Bonchev–Trinajstić information content (AvgIpc) is 3.40. The highest BCUT2D eigenvalue weighted by Gasteiger charge is 2.10. The minimum Gasteiger partial charge on any atom is -0.0616 e. The molecule has 0 bridgehead atoms. The summed E-state index contributed by atoms with van der Waals surface area (Å²) in [7, 11) is 0. The number of hydrogen-bond donors (Lipinski definition) is 0. The molecule has 0 radical (unpaired) electrons. The Labute approximate surface area is 427 Å². The molecule has 0 spiro atoms. The Morgan fingerprint density at radius 1 is 0.194 bits per heavy atom. The summed E-state index contributed by atoms with van der Waals surface area (Å²) >= 11 is 0. The van der Waals surface area contributed by atoms with Gasteiger partial charge < -0.3 is 0 Å². The van der Waals surface area contributed by atoms with Crippen LogP contribution in [0.4, 0.5) is 0 Å². The third-order valence-electron chi connectivity index (χ3n) is 14.4. The maximum absolute atomic E-state index is 2.28. The summed E-state index contributed by atoms with van der Waals surface area (Å²) in [5.41, 5.74) is 16.1. The van der Waals surface area contributed by atoms with Crippen molar-refractivity contribution in [2.45, 2.75) is 69.2 Å². The summed E-state index contributed by atoms with van der Waals surface area (Å²) in [6, 6.07) is 78.5. The molecule has 0 amide bonds. The molecule has 0 nitrogen and oxygen atoms in total. The van der Waals surface area contributed by atoms with Crippen LogP contribution >= 0.6 is 0 Å². The van der Waals surface area contributed by atoms with E-state index < -0.39 is 0 Å². The Hall–Kier alpha value is -8.06. The normalized spacial score (nSPS) is 10.9. The molecule has 354 valence electrons. The predicted molar refractivity (Wildman–Crippen MR) is 319 cm³/mol. The Balaban J connectivity index is 0.000000112. The lowest BCUT2D eigenvalue weighted by atomic mass is 9.92. The van der Waals surface area contributed by atoms with Crippen LogP contribution in [0.25, 0.3) is 86.5 Å². The fraction of sp³-hybridized carbons (Fsp3) is 0.139. The molecule has 0 aromatic heterocycles. The molecule has 0 saturated heterocycles. The number of aryl methyl sites for hydroxylation is 10. The third kappa shape index (κ3) is 10.5. The van der Waals surface area contributed by atoms with Gasteiger partial charge in [0, 0.05) is 0 Å². The Kier molecular flexibility index (Phi) is 14.6. The maximum Gasteiger partial charge on any atom is -0.00266 e. The zero-order valence-corrected chi connectivity index (χ0v) is 43.8. The van der Waals surface area contributed by atoms with Crippen molar-refractivity contribution in [3.8, 4) is 11.1 Å². The summed E-state index contributed by atoms with van der Waals surface area (Å²) in [4.78, 5) is 0. The van der Waals surface area contributed by atoms with Gasteiger partial charge in [0.15, 0.2) is 0 Å². The van der Waals surface area contributed by atoms with Crippen LogP contribution in [0, 0.1) is 69.2 Å². The lowest BCUT2D eigenvalue weighted by Gasteiger charge is -2.12. The molecule has 13 rings (SSSR count). The van der Waals surface area contributed by atoms with E-state index in [1.807, 2.05) is 0 Å². The van der Waals surface area contributed by atoms with E-state index in [1.54, 1.807) is 0 Å². The fourth-order valence-corrected chi connectivity index (χ4v) is 10.4. The van der Waals surface area contributed by atoms with Crippen molar-refractivity contribution in [2.24, 2.45) is 0 Å². The first kappa shape index (κ1) is 48.9. The summed E-state index contributed by atoms with van der Waals surface area (Å²) in [6.45, 7) is 21.6. The van der Waals surface area contributed by atoms with Gasteiger partial charge in [-0.25, -0.2) is 0 Å². The monoisotopic (exact) mass is 931 g/mol. The van der Waals surface area contributed by atoms with E-state index in [0.29, 0.717) is 0 Å². The van der Waals surface area contributed by atoms with Crippen LogP contribution in [0.1, 0.15) is 55.6 Å². The van der Waals surface area contributed by atoms with E-state index in [2.05, 4.69) is 288 Å². The standard InChI is InChI=1S/C18H14.C16H14.C14H14.2C12H12/c1-11-7-13-3-5-15-9-12(2)10-16-6-4-14(8-11)17(13)18(15)16;1-11-13-7-3-5-9-15(13)12(2)16-10-6-4-8-14(11)16;1-11-3-7-13(8-4-11)14-9-5-12(2)6-10-14;1-9-5-3-8-12-10(2)6-4-7-11(9)12;1-9-7-8-10(2)12-6-4-3-5-11(9)12/h3-10H,1-2H3;3-10H,1-2H3;3-10H,1-2H3;2*3-8H,1-2H3. The van der Waals surface area contributed by atoms with Gasteiger partial charge in [0.25, 0.3) is 0 Å². The van der Waals surface area contributed by atoms with Gasteiger partial charge in [-0.3, -0.25) is 0 Å². The second-order valence-electron chi connectivity index (χ2n) is 19.9. The first-order valence-electron chi connectivity index (χ1n) is 25.4. The molecule has 0 atom stereocenters. The van der Waals surface area contributed by atoms with Gasteiger partial charge in [-0.2, -0.15) is 0 Å². The molecule has 0 aliphatic carbocycles. The fourth-order valence-electron chi connectivity index (χ4n) is 10.4. The van der Waals surface area contributed by atoms with Crippen LogP contribution in [0.2, 0.25) is 0 Å². The van der Waals surface area contributed by atoms with E-state index in [0.717, 1.165) is 0 Å². The van der Waals surface area contributed by atoms with E-state index in [4.69, 9.17) is 0 Å². The number of benzene rings is 13. The minimum absolute atomic E-state index is 1.29. The number of fused-ring (bicyclic) bond motifs is 4. The summed E-state index contributed by atoms with van der Waals surface area (Å²) < 4.78 is 0. The van der Waals surface area contributed by atoms with Crippen LogP contribution in [0.15, 0.2) is 218 Å². The van der Waals surface area contributed by atoms with Crippen molar-refractivity contribution in [3.63, 3.8) is 0 Å². The topological polar surface area (TPSA) is 0 Å². The summed E-state index contributed by atoms with van der Waals surface area (Å²) in [6.07, 6.45) is 0. The van der Waals surface area contributed by atoms with Crippen LogP contribution in [0.3, 0.4) is 0 Å². The highest BCUT2D eigenvalue weighted by molar-refractivity contribution is 6.23. The Morgan fingerprint density at radius 3 is 0.736 bits per heavy atom. The lowest BCUT2D eigenvalue weighted by Crippen LogP contribution is -1.87. The van der Waals surface area contributed by atoms with Crippen LogP contribution in [-0.4, -0.2) is 0 Å². The maximum atomic E-state index is 2.28. The Morgan fingerprint density at radius 2 is 0.444 bits per heavy atom. The van der Waals surface area contributed by atoms with Gasteiger partial charge in [-0.1, -0.05) is 230 Å². The first-order valence-corrected chi connectivity index (χ1v) is 25.4. The molecule has 0 aliphatic rings. The van der Waals surface area contributed by atoms with Gasteiger partial charge in [0.1, 0.15) is 0 Å². The smallest absolute Gasteiger partial charge is 0.00266 e. The SMILES string of the molecule is Cc1c2ccccc2c(C)c2ccccc12.Cc1cc2ccc3cc(C)cc4ccc(c1)c2c34.Cc1ccc(-c2ccc(C)cc2)cc1.Cc1ccc(C)c2ccccc12.Cc1cccc2c(C)cccc12. The molecular formula is C72H66. The molecule has 0 fully saturated rings. The van der Waals surface area contributed by atoms with E-state index in [-0.39, 0.29) is 0 Å². The largest absolute Gasteiger partial charge is 0.0616 e. The molecule has 0 aliphatic heterocycles. The molecule has 13 aromatic rings. The van der Waals surface area contributed by atoms with E-state index >= 15 is 0 Å². The molecule has 0 saturated carbocycles. The average molecular weight is 931 g/mol. The van der Waals surface area contributed by atoms with Crippen molar-refractivity contribution in [3.05, 3.63) is 274 Å². The molecule has 0 N–H and O–H groups in total. The highest BCUT2D eigenvalue weighted by atomic mass is 14.1. The summed E-state index contributed by atoms with van der Waals surface area (Å²) in [5.74, 6) is 0. The zero-order valence-electron chi connectivity index (χ0n) is 43.8.